The predicted octanol–water partition coefficient (Wildman–Crippen LogP) is 2.75. The minimum atomic E-state index is 0.820. The van der Waals surface area contributed by atoms with Crippen molar-refractivity contribution < 1.29 is 0 Å². The SMILES string of the molecule is C=NC=N/C(=C/C=C\C)C(=C)C. The van der Waals surface area contributed by atoms with Gasteiger partial charge in [0.2, 0.25) is 0 Å². The first-order chi connectivity index (χ1) is 5.72. The van der Waals surface area contributed by atoms with Crippen molar-refractivity contribution in [3.05, 3.63) is 36.1 Å². The van der Waals surface area contributed by atoms with E-state index in [0.29, 0.717) is 0 Å². The first kappa shape index (κ1) is 10.6. The average molecular weight is 162 g/mol. The van der Waals surface area contributed by atoms with Gasteiger partial charge < -0.3 is 0 Å². The molecule has 0 rings (SSSR count). The zero-order chi connectivity index (χ0) is 9.40. The van der Waals surface area contributed by atoms with Crippen molar-refractivity contribution in [1.82, 2.24) is 0 Å². The van der Waals surface area contributed by atoms with Gasteiger partial charge in [-0.1, -0.05) is 18.7 Å². The Morgan fingerprint density at radius 2 is 2.08 bits per heavy atom. The van der Waals surface area contributed by atoms with Crippen LogP contribution in [0.3, 0.4) is 0 Å². The molecule has 2 nitrogen and oxygen atoms in total. The summed E-state index contributed by atoms with van der Waals surface area (Å²) in [5.41, 5.74) is 1.73. The van der Waals surface area contributed by atoms with E-state index in [9.17, 15) is 0 Å². The third kappa shape index (κ3) is 4.39. The number of allylic oxidation sites excluding steroid dienone is 4. The minimum absolute atomic E-state index is 0.820. The van der Waals surface area contributed by atoms with Crippen molar-refractivity contribution in [2.45, 2.75) is 13.8 Å². The van der Waals surface area contributed by atoms with E-state index >= 15 is 0 Å². The number of hydrogen-bond acceptors (Lipinski definition) is 1. The summed E-state index contributed by atoms with van der Waals surface area (Å²) in [6, 6.07) is 0. The maximum atomic E-state index is 4.04. The van der Waals surface area contributed by atoms with Gasteiger partial charge in [0.05, 0.1) is 5.70 Å². The minimum Gasteiger partial charge on any atom is -0.253 e. The standard InChI is InChI=1S/C10H14N2/c1-5-6-7-10(9(2)3)12-8-11-4/h5-8H,2,4H2,1,3H3/b6-5-,10-7+,12-8?. The van der Waals surface area contributed by atoms with Crippen LogP contribution < -0.4 is 0 Å². The Kier molecular flexibility index (Phi) is 5.53. The molecule has 0 aliphatic rings. The summed E-state index contributed by atoms with van der Waals surface area (Å²) < 4.78 is 0. The molecule has 0 aromatic heterocycles. The Bertz CT molecular complexity index is 245. The van der Waals surface area contributed by atoms with Crippen molar-refractivity contribution in [3.63, 3.8) is 0 Å². The number of nitrogens with zero attached hydrogens (tertiary/aromatic N) is 2. The summed E-state index contributed by atoms with van der Waals surface area (Å²) in [5.74, 6) is 0. The number of hydrogen-bond donors (Lipinski definition) is 0. The molecule has 0 spiro atoms. The van der Waals surface area contributed by atoms with Crippen LogP contribution in [0.5, 0.6) is 0 Å². The molecule has 0 saturated heterocycles. The lowest BCUT2D eigenvalue weighted by molar-refractivity contribution is 1.30. The smallest absolute Gasteiger partial charge is 0.115 e. The maximum Gasteiger partial charge on any atom is 0.115 e. The van der Waals surface area contributed by atoms with E-state index in [4.69, 9.17) is 0 Å². The molecule has 0 radical (unpaired) electrons. The van der Waals surface area contributed by atoms with E-state index in [0.717, 1.165) is 11.3 Å². The van der Waals surface area contributed by atoms with Gasteiger partial charge in [-0.05, 0) is 32.2 Å². The lowest BCUT2D eigenvalue weighted by atomic mass is 10.2. The Balaban J connectivity index is 4.54. The van der Waals surface area contributed by atoms with E-state index in [2.05, 4.69) is 23.3 Å². The molecule has 0 unspecified atom stereocenters. The van der Waals surface area contributed by atoms with Gasteiger partial charge in [0, 0.05) is 0 Å². The Labute approximate surface area is 73.7 Å². The molecule has 0 amide bonds. The van der Waals surface area contributed by atoms with Crippen LogP contribution in [0.25, 0.3) is 0 Å². The van der Waals surface area contributed by atoms with E-state index in [1.54, 1.807) is 0 Å². The van der Waals surface area contributed by atoms with E-state index in [1.165, 1.54) is 6.34 Å². The van der Waals surface area contributed by atoms with E-state index in [1.807, 2.05) is 32.1 Å². The van der Waals surface area contributed by atoms with Gasteiger partial charge in [-0.3, -0.25) is 4.99 Å². The molecule has 0 aromatic rings. The third-order valence-corrected chi connectivity index (χ3v) is 1.16. The highest BCUT2D eigenvalue weighted by Gasteiger charge is 1.90. The summed E-state index contributed by atoms with van der Waals surface area (Å²) in [6.07, 6.45) is 7.12. The second-order valence-electron chi connectivity index (χ2n) is 2.29. The van der Waals surface area contributed by atoms with Crippen molar-refractivity contribution in [1.29, 1.82) is 0 Å². The predicted molar refractivity (Wildman–Crippen MR) is 55.8 cm³/mol. The summed E-state index contributed by atoms with van der Waals surface area (Å²) in [6.45, 7) is 10.9. The molecule has 0 fully saturated rings. The summed E-state index contributed by atoms with van der Waals surface area (Å²) in [4.78, 5) is 7.55. The molecule has 0 saturated carbocycles. The summed E-state index contributed by atoms with van der Waals surface area (Å²) in [7, 11) is 0. The van der Waals surface area contributed by atoms with Gasteiger partial charge in [-0.2, -0.15) is 0 Å². The highest BCUT2D eigenvalue weighted by atomic mass is 14.8. The van der Waals surface area contributed by atoms with Crippen molar-refractivity contribution in [3.8, 4) is 0 Å². The van der Waals surface area contributed by atoms with Crippen LogP contribution in [0.2, 0.25) is 0 Å². The molecule has 64 valence electrons. The lowest BCUT2D eigenvalue weighted by Crippen LogP contribution is -1.79. The van der Waals surface area contributed by atoms with Crippen molar-refractivity contribution in [2.24, 2.45) is 9.98 Å². The molecule has 0 aromatic carbocycles. The third-order valence-electron chi connectivity index (χ3n) is 1.16. The lowest BCUT2D eigenvalue weighted by Gasteiger charge is -1.95. The van der Waals surface area contributed by atoms with Gasteiger partial charge in [0.15, 0.2) is 0 Å². The molecular weight excluding hydrogens is 148 g/mol. The molecule has 12 heavy (non-hydrogen) atoms. The number of rotatable bonds is 4. The second kappa shape index (κ2) is 6.28. The van der Waals surface area contributed by atoms with Crippen molar-refractivity contribution in [2.75, 3.05) is 0 Å². The van der Waals surface area contributed by atoms with E-state index in [-0.39, 0.29) is 0 Å². The molecule has 0 N–H and O–H groups in total. The first-order valence-electron chi connectivity index (χ1n) is 3.69. The Morgan fingerprint density at radius 1 is 1.42 bits per heavy atom. The van der Waals surface area contributed by atoms with Gasteiger partial charge in [-0.15, -0.1) is 0 Å². The Morgan fingerprint density at radius 3 is 2.50 bits per heavy atom. The largest absolute Gasteiger partial charge is 0.253 e. The summed E-state index contributed by atoms with van der Waals surface area (Å²) >= 11 is 0. The number of aliphatic imine (C=N–C) groups is 2. The van der Waals surface area contributed by atoms with Crippen LogP contribution in [0.4, 0.5) is 0 Å². The van der Waals surface area contributed by atoms with Crippen LogP contribution in [0.1, 0.15) is 13.8 Å². The van der Waals surface area contributed by atoms with Gasteiger partial charge in [-0.25, -0.2) is 4.99 Å². The van der Waals surface area contributed by atoms with Gasteiger partial charge in [0.1, 0.15) is 6.34 Å². The van der Waals surface area contributed by atoms with Crippen LogP contribution in [0, 0.1) is 0 Å². The molecule has 0 aliphatic carbocycles. The molecule has 2 heteroatoms. The fourth-order valence-electron chi connectivity index (χ4n) is 0.586. The highest BCUT2D eigenvalue weighted by molar-refractivity contribution is 5.64. The van der Waals surface area contributed by atoms with Crippen LogP contribution in [-0.2, 0) is 0 Å². The zero-order valence-corrected chi connectivity index (χ0v) is 7.62. The fraction of sp³-hybridized carbons (Fsp3) is 0.200. The quantitative estimate of drug-likeness (QED) is 0.345. The van der Waals surface area contributed by atoms with Crippen LogP contribution >= 0.6 is 0 Å². The van der Waals surface area contributed by atoms with Crippen molar-refractivity contribution >= 4 is 13.1 Å². The van der Waals surface area contributed by atoms with Gasteiger partial charge in [0.25, 0.3) is 0 Å². The average Bonchev–Trinajstić information content (AvgIpc) is 2.04. The zero-order valence-electron chi connectivity index (χ0n) is 7.62. The van der Waals surface area contributed by atoms with Crippen LogP contribution in [-0.4, -0.2) is 13.1 Å². The normalized spacial score (nSPS) is 12.7. The Hall–Kier alpha value is -1.44. The van der Waals surface area contributed by atoms with Crippen LogP contribution in [0.15, 0.2) is 46.1 Å². The maximum absolute atomic E-state index is 4.04. The molecule has 0 heterocycles. The monoisotopic (exact) mass is 162 g/mol. The van der Waals surface area contributed by atoms with E-state index < -0.39 is 0 Å². The second-order valence-corrected chi connectivity index (χ2v) is 2.29. The highest BCUT2D eigenvalue weighted by Crippen LogP contribution is 2.07. The summed E-state index contributed by atoms with van der Waals surface area (Å²) in [5, 5.41) is 0. The fourth-order valence-corrected chi connectivity index (χ4v) is 0.586. The first-order valence-corrected chi connectivity index (χ1v) is 3.69. The van der Waals surface area contributed by atoms with Gasteiger partial charge >= 0.3 is 0 Å². The molecule has 0 aliphatic heterocycles. The molecular formula is C10H14N2. The molecule has 0 bridgehead atoms. The topological polar surface area (TPSA) is 24.7 Å². The molecule has 0 atom stereocenters.